The lowest BCUT2D eigenvalue weighted by molar-refractivity contribution is 0.0139. The summed E-state index contributed by atoms with van der Waals surface area (Å²) in [7, 11) is 1.79. The van der Waals surface area contributed by atoms with Crippen molar-refractivity contribution in [2.45, 2.75) is 64.3 Å². The van der Waals surface area contributed by atoms with Crippen molar-refractivity contribution in [3.63, 3.8) is 0 Å². The van der Waals surface area contributed by atoms with Crippen LogP contribution in [-0.4, -0.2) is 63.2 Å². The van der Waals surface area contributed by atoms with Gasteiger partial charge in [-0.1, -0.05) is 48.2 Å². The summed E-state index contributed by atoms with van der Waals surface area (Å²) in [4.78, 5) is 40.7. The molecule has 1 aliphatic rings. The molecule has 0 spiro atoms. The van der Waals surface area contributed by atoms with Crippen LogP contribution in [0, 0.1) is 22.5 Å². The topological polar surface area (TPSA) is 138 Å². The molecule has 0 atom stereocenters. The highest BCUT2D eigenvalue weighted by atomic mass is 32.2. The first-order chi connectivity index (χ1) is 22.2. The monoisotopic (exact) mass is 667 g/mol. The quantitative estimate of drug-likeness (QED) is 0.142. The van der Waals surface area contributed by atoms with Gasteiger partial charge in [0.15, 0.2) is 12.0 Å². The lowest BCUT2D eigenvalue weighted by Gasteiger charge is -2.42. The second kappa shape index (κ2) is 15.0. The molecule has 0 saturated carbocycles. The average Bonchev–Trinajstić information content (AvgIpc) is 3.02. The van der Waals surface area contributed by atoms with Crippen LogP contribution in [0.25, 0.3) is 0 Å². The van der Waals surface area contributed by atoms with Crippen molar-refractivity contribution < 1.29 is 27.8 Å². The van der Waals surface area contributed by atoms with E-state index in [1.807, 2.05) is 30.3 Å². The van der Waals surface area contributed by atoms with Crippen LogP contribution in [-0.2, 0) is 24.3 Å². The Morgan fingerprint density at radius 3 is 2.38 bits per heavy atom. The largest absolute Gasteiger partial charge is 0.483 e. The second-order valence-corrected chi connectivity index (χ2v) is 13.5. The molecule has 250 valence electrons. The van der Waals surface area contributed by atoms with E-state index in [0.717, 1.165) is 17.7 Å². The van der Waals surface area contributed by atoms with Crippen LogP contribution in [0.1, 0.15) is 60.8 Å². The van der Waals surface area contributed by atoms with Crippen molar-refractivity contribution in [1.82, 2.24) is 14.8 Å². The summed E-state index contributed by atoms with van der Waals surface area (Å²) in [5.41, 5.74) is -1.22. The number of hydrogen-bond acceptors (Lipinski definition) is 9. The first kappa shape index (κ1) is 35.5. The molecule has 1 aliphatic heterocycles. The first-order valence-corrected chi connectivity index (χ1v) is 15.9. The summed E-state index contributed by atoms with van der Waals surface area (Å²) >= 11 is 0.654. The molecule has 0 radical (unpaired) electrons. The summed E-state index contributed by atoms with van der Waals surface area (Å²) in [5, 5.41) is 20.1. The Morgan fingerprint density at radius 1 is 1.11 bits per heavy atom. The van der Waals surface area contributed by atoms with E-state index in [9.17, 15) is 23.2 Å². The molecule has 10 nitrogen and oxygen atoms in total. The van der Waals surface area contributed by atoms with E-state index in [2.05, 4.69) is 5.32 Å². The van der Waals surface area contributed by atoms with Crippen LogP contribution in [0.2, 0.25) is 0 Å². The zero-order valence-corrected chi connectivity index (χ0v) is 27.6. The van der Waals surface area contributed by atoms with Gasteiger partial charge in [0.2, 0.25) is 5.43 Å². The van der Waals surface area contributed by atoms with Gasteiger partial charge in [0.25, 0.3) is 0 Å². The van der Waals surface area contributed by atoms with Crippen molar-refractivity contribution >= 4 is 34.2 Å². The van der Waals surface area contributed by atoms with Crippen molar-refractivity contribution in [1.29, 1.82) is 10.8 Å². The number of carbonyl (C=O) groups is 2. The molecule has 2 heterocycles. The summed E-state index contributed by atoms with van der Waals surface area (Å²) < 4.78 is 40.7. The molecule has 13 heteroatoms. The minimum Gasteiger partial charge on any atom is -0.483 e. The molecule has 0 aliphatic carbocycles. The fraction of sp³-hybridized carbons (Fsp3) is 0.382. The van der Waals surface area contributed by atoms with E-state index in [1.165, 1.54) is 12.3 Å². The van der Waals surface area contributed by atoms with Crippen LogP contribution < -0.4 is 15.5 Å². The van der Waals surface area contributed by atoms with E-state index in [1.54, 1.807) is 37.3 Å². The number of likely N-dealkylation sites (tertiary alicyclic amines) is 1. The van der Waals surface area contributed by atoms with Gasteiger partial charge in [0.1, 0.15) is 34.6 Å². The summed E-state index contributed by atoms with van der Waals surface area (Å²) in [6.07, 6.45) is 2.33. The number of ether oxygens (including phenoxy) is 2. The number of aromatic nitrogens is 1. The molecule has 4 rings (SSSR count). The SMILES string of the molecule is CNC1(Cn2cc(C(=N)SC(=N)Cc3ccc(F)cc3F)c(=O)c(OCc3ccccc3)c2C=O)CCN(C(=O)OC(C)(C)C)CC1. The van der Waals surface area contributed by atoms with Crippen molar-refractivity contribution in [3.05, 3.63) is 99.0 Å². The number of nitrogens with zero attached hydrogens (tertiary/aromatic N) is 2. The molecule has 3 aromatic rings. The second-order valence-electron chi connectivity index (χ2n) is 12.4. The Balaban J connectivity index is 1.65. The molecule has 0 bridgehead atoms. The van der Waals surface area contributed by atoms with Gasteiger partial charge in [-0.3, -0.25) is 20.4 Å². The van der Waals surface area contributed by atoms with Gasteiger partial charge >= 0.3 is 6.09 Å². The van der Waals surface area contributed by atoms with Gasteiger partial charge in [-0.05, 0) is 57.9 Å². The molecule has 47 heavy (non-hydrogen) atoms. The maximum absolute atomic E-state index is 14.2. The summed E-state index contributed by atoms with van der Waals surface area (Å²) in [6.45, 7) is 6.37. The molecule has 1 amide bonds. The summed E-state index contributed by atoms with van der Waals surface area (Å²) in [6, 6.07) is 12.1. The third-order valence-corrected chi connectivity index (χ3v) is 8.64. The van der Waals surface area contributed by atoms with E-state index in [4.69, 9.17) is 20.3 Å². The highest BCUT2D eigenvalue weighted by molar-refractivity contribution is 8.26. The normalized spacial score (nSPS) is 14.4. The minimum atomic E-state index is -0.814. The van der Waals surface area contributed by atoms with E-state index >= 15 is 0 Å². The number of rotatable bonds is 10. The standard InChI is InChI=1S/C34H39F2N5O5S/c1-33(2,3)46-32(44)40-14-12-34(39-4,13-15-40)21-41-18-25(31(38)47-28(37)16-23-10-11-24(35)17-26(23)36)29(43)30(27(41)19-42)45-20-22-8-6-5-7-9-22/h5-11,17-19,37-39H,12-16,20-21H2,1-4H3. The van der Waals surface area contributed by atoms with Crippen molar-refractivity contribution in [2.24, 2.45) is 0 Å². The lowest BCUT2D eigenvalue weighted by atomic mass is 9.87. The van der Waals surface area contributed by atoms with E-state index in [0.29, 0.717) is 44.0 Å². The number of amides is 1. The number of hydrogen-bond donors (Lipinski definition) is 3. The average molecular weight is 668 g/mol. The molecular weight excluding hydrogens is 628 g/mol. The lowest BCUT2D eigenvalue weighted by Crippen LogP contribution is -2.56. The molecule has 3 N–H and O–H groups in total. The highest BCUT2D eigenvalue weighted by Gasteiger charge is 2.37. The van der Waals surface area contributed by atoms with Crippen LogP contribution in [0.3, 0.4) is 0 Å². The molecule has 2 aromatic carbocycles. The van der Waals surface area contributed by atoms with Gasteiger partial charge in [-0.15, -0.1) is 0 Å². The summed E-state index contributed by atoms with van der Waals surface area (Å²) in [5.74, 6) is -1.79. The Kier molecular flexibility index (Phi) is 11.4. The van der Waals surface area contributed by atoms with Crippen LogP contribution in [0.15, 0.2) is 59.5 Å². The van der Waals surface area contributed by atoms with Gasteiger partial charge in [-0.2, -0.15) is 0 Å². The number of benzene rings is 2. The number of nitrogens with one attached hydrogen (secondary N) is 3. The maximum Gasteiger partial charge on any atom is 0.410 e. The third-order valence-electron chi connectivity index (χ3n) is 7.83. The van der Waals surface area contributed by atoms with Crippen LogP contribution in [0.5, 0.6) is 5.75 Å². The smallest absolute Gasteiger partial charge is 0.410 e. The number of thioether (sulfide) groups is 1. The Labute approximate surface area is 276 Å². The van der Waals surface area contributed by atoms with Crippen molar-refractivity contribution in [3.8, 4) is 5.75 Å². The molecule has 1 fully saturated rings. The van der Waals surface area contributed by atoms with Gasteiger partial charge in [0.05, 0.1) is 10.6 Å². The predicted octanol–water partition coefficient (Wildman–Crippen LogP) is 5.79. The Morgan fingerprint density at radius 2 is 1.79 bits per heavy atom. The number of carbonyl (C=O) groups excluding carboxylic acids is 2. The highest BCUT2D eigenvalue weighted by Crippen LogP contribution is 2.28. The number of halogens is 2. The molecule has 1 saturated heterocycles. The zero-order valence-electron chi connectivity index (χ0n) is 26.8. The van der Waals surface area contributed by atoms with Crippen LogP contribution >= 0.6 is 11.8 Å². The minimum absolute atomic E-state index is 0.0114. The van der Waals surface area contributed by atoms with Gasteiger partial charge in [0, 0.05) is 43.9 Å². The Bertz CT molecular complexity index is 1700. The number of aldehydes is 1. The van der Waals surface area contributed by atoms with Gasteiger partial charge in [-0.25, -0.2) is 13.6 Å². The number of pyridine rings is 1. The van der Waals surface area contributed by atoms with Crippen LogP contribution in [0.4, 0.5) is 13.6 Å². The van der Waals surface area contributed by atoms with E-state index in [-0.39, 0.29) is 52.2 Å². The van der Waals surface area contributed by atoms with Gasteiger partial charge < -0.3 is 24.3 Å². The number of piperidine rings is 1. The maximum atomic E-state index is 14.2. The number of likely N-dealkylation sites (N-methyl/N-ethyl adjacent to an activating group) is 1. The Hall–Kier alpha value is -4.36. The molecule has 1 aromatic heterocycles. The third kappa shape index (κ3) is 9.13. The van der Waals surface area contributed by atoms with Crippen molar-refractivity contribution in [2.75, 3.05) is 20.1 Å². The van der Waals surface area contributed by atoms with E-state index < -0.39 is 34.3 Å². The first-order valence-electron chi connectivity index (χ1n) is 15.1. The fourth-order valence-corrected chi connectivity index (χ4v) is 5.97. The fourth-order valence-electron chi connectivity index (χ4n) is 5.25. The zero-order chi connectivity index (χ0) is 34.4. The molecular formula is C34H39F2N5O5S. The molecule has 0 unspecified atom stereocenters. The predicted molar refractivity (Wildman–Crippen MR) is 178 cm³/mol.